The van der Waals surface area contributed by atoms with Crippen LogP contribution < -0.4 is 14.4 Å². The van der Waals surface area contributed by atoms with E-state index in [-0.39, 0.29) is 23.6 Å². The second-order valence-corrected chi connectivity index (χ2v) is 11.8. The third kappa shape index (κ3) is 5.33. The van der Waals surface area contributed by atoms with E-state index in [4.69, 9.17) is 14.2 Å². The summed E-state index contributed by atoms with van der Waals surface area (Å²) in [7, 11) is 1.40. The van der Waals surface area contributed by atoms with Gasteiger partial charge < -0.3 is 24.2 Å². The van der Waals surface area contributed by atoms with E-state index in [0.29, 0.717) is 53.0 Å². The number of methoxy groups -OCH3 is 1. The van der Waals surface area contributed by atoms with Gasteiger partial charge in [0, 0.05) is 35.0 Å². The molecule has 2 aliphatic rings. The van der Waals surface area contributed by atoms with Crippen molar-refractivity contribution in [3.05, 3.63) is 75.3 Å². The number of ether oxygens (including phenoxy) is 3. The van der Waals surface area contributed by atoms with E-state index < -0.39 is 35.2 Å². The van der Waals surface area contributed by atoms with Gasteiger partial charge in [0.15, 0.2) is 17.7 Å². The van der Waals surface area contributed by atoms with Crippen molar-refractivity contribution in [3.8, 4) is 22.6 Å². The van der Waals surface area contributed by atoms with Gasteiger partial charge in [-0.1, -0.05) is 0 Å². The van der Waals surface area contributed by atoms with Crippen molar-refractivity contribution in [3.63, 3.8) is 0 Å². The molecule has 1 amide bonds. The summed E-state index contributed by atoms with van der Waals surface area (Å²) in [5, 5.41) is 10.4. The fraction of sp³-hybridized carbons (Fsp3) is 0.394. The molecular formula is C33H35F2NO6. The van der Waals surface area contributed by atoms with Gasteiger partial charge >= 0.3 is 5.97 Å². The van der Waals surface area contributed by atoms with Crippen molar-refractivity contribution in [1.29, 1.82) is 0 Å². The summed E-state index contributed by atoms with van der Waals surface area (Å²) in [6.07, 6.45) is 0.395. The highest BCUT2D eigenvalue weighted by Crippen LogP contribution is 2.48. The van der Waals surface area contributed by atoms with Gasteiger partial charge in [0.25, 0.3) is 5.91 Å². The summed E-state index contributed by atoms with van der Waals surface area (Å²) >= 11 is 0. The maximum Gasteiger partial charge on any atom is 0.337 e. The number of aliphatic carboxylic acids is 1. The minimum atomic E-state index is -1.35. The van der Waals surface area contributed by atoms with E-state index in [0.717, 1.165) is 23.6 Å². The molecule has 1 N–H and O–H groups in total. The number of carboxylic acid groups (broad SMARTS) is 1. The lowest BCUT2D eigenvalue weighted by Gasteiger charge is -2.30. The van der Waals surface area contributed by atoms with Crippen LogP contribution in [0, 0.1) is 25.5 Å². The Kier molecular flexibility index (Phi) is 7.74. The number of anilines is 1. The fourth-order valence-electron chi connectivity index (χ4n) is 6.02. The van der Waals surface area contributed by atoms with E-state index in [1.54, 1.807) is 38.7 Å². The summed E-state index contributed by atoms with van der Waals surface area (Å²) in [6.45, 7) is 9.69. The van der Waals surface area contributed by atoms with Gasteiger partial charge in [-0.05, 0) is 106 Å². The minimum Gasteiger partial charge on any atom is -0.497 e. The zero-order valence-corrected chi connectivity index (χ0v) is 24.7. The molecule has 3 aromatic rings. The molecule has 0 spiro atoms. The van der Waals surface area contributed by atoms with E-state index in [9.17, 15) is 19.1 Å². The number of amides is 1. The smallest absolute Gasteiger partial charge is 0.337 e. The number of fused-ring (bicyclic) bond motifs is 2. The average Bonchev–Trinajstić information content (AvgIpc) is 3.35. The number of hydrogen-bond donors (Lipinski definition) is 1. The number of rotatable bonds is 6. The Balaban J connectivity index is 1.76. The Labute approximate surface area is 244 Å². The number of carbonyl (C=O) groups is 2. The van der Waals surface area contributed by atoms with Crippen LogP contribution in [0.15, 0.2) is 30.3 Å². The van der Waals surface area contributed by atoms with Crippen LogP contribution in [0.3, 0.4) is 0 Å². The Morgan fingerprint density at radius 1 is 1.05 bits per heavy atom. The zero-order chi connectivity index (χ0) is 30.5. The molecule has 0 fully saturated rings. The zero-order valence-electron chi connectivity index (χ0n) is 24.7. The maximum atomic E-state index is 15.6. The van der Waals surface area contributed by atoms with Crippen molar-refractivity contribution in [2.45, 2.75) is 65.6 Å². The van der Waals surface area contributed by atoms with Crippen molar-refractivity contribution in [2.24, 2.45) is 0 Å². The molecular weight excluding hydrogens is 544 g/mol. The Bertz CT molecular complexity index is 1590. The Morgan fingerprint density at radius 2 is 1.79 bits per heavy atom. The molecule has 5 rings (SSSR count). The van der Waals surface area contributed by atoms with Crippen LogP contribution in [0.2, 0.25) is 0 Å². The average molecular weight is 580 g/mol. The van der Waals surface area contributed by atoms with Gasteiger partial charge in [-0.25, -0.2) is 13.6 Å². The maximum absolute atomic E-state index is 15.6. The van der Waals surface area contributed by atoms with E-state index in [1.165, 1.54) is 25.3 Å². The van der Waals surface area contributed by atoms with E-state index in [1.807, 2.05) is 6.92 Å². The number of carboxylic acids is 1. The summed E-state index contributed by atoms with van der Waals surface area (Å²) in [5.41, 5.74) is 4.20. The number of benzene rings is 3. The van der Waals surface area contributed by atoms with Gasteiger partial charge in [0.2, 0.25) is 0 Å². The summed E-state index contributed by atoms with van der Waals surface area (Å²) < 4.78 is 46.8. The summed E-state index contributed by atoms with van der Waals surface area (Å²) in [5.74, 6) is -2.27. The molecule has 1 atom stereocenters. The van der Waals surface area contributed by atoms with Crippen LogP contribution in [0.4, 0.5) is 14.5 Å². The number of hydrogen-bond acceptors (Lipinski definition) is 5. The molecule has 0 saturated carbocycles. The lowest BCUT2D eigenvalue weighted by Crippen LogP contribution is -2.30. The van der Waals surface area contributed by atoms with Crippen LogP contribution in [0.25, 0.3) is 11.1 Å². The predicted molar refractivity (Wildman–Crippen MR) is 155 cm³/mol. The van der Waals surface area contributed by atoms with Gasteiger partial charge in [-0.2, -0.15) is 0 Å². The van der Waals surface area contributed by atoms with Crippen LogP contribution >= 0.6 is 0 Å². The SMILES string of the molecule is COc1cc(F)cc(C(=O)N2CCc3c2cc(C)c([C@H](OC(C)(C)C)C(=O)O)c3-c2cc(F)c3c(c2C)CCCO3)c1. The van der Waals surface area contributed by atoms with Crippen LogP contribution in [-0.2, 0) is 22.4 Å². The van der Waals surface area contributed by atoms with Crippen molar-refractivity contribution < 1.29 is 37.7 Å². The van der Waals surface area contributed by atoms with Gasteiger partial charge in [0.05, 0.1) is 19.3 Å². The molecule has 0 bridgehead atoms. The molecule has 42 heavy (non-hydrogen) atoms. The molecule has 2 heterocycles. The highest BCUT2D eigenvalue weighted by molar-refractivity contribution is 6.08. The molecule has 0 aliphatic carbocycles. The fourth-order valence-corrected chi connectivity index (χ4v) is 6.02. The third-order valence-corrected chi connectivity index (χ3v) is 7.80. The normalized spacial score (nSPS) is 15.1. The molecule has 0 radical (unpaired) electrons. The molecule has 0 unspecified atom stereocenters. The van der Waals surface area contributed by atoms with Crippen molar-refractivity contribution >= 4 is 17.6 Å². The van der Waals surface area contributed by atoms with Crippen molar-refractivity contribution in [1.82, 2.24) is 0 Å². The predicted octanol–water partition coefficient (Wildman–Crippen LogP) is 6.73. The molecule has 7 nitrogen and oxygen atoms in total. The Hall–Kier alpha value is -3.98. The Morgan fingerprint density at radius 3 is 2.45 bits per heavy atom. The topological polar surface area (TPSA) is 85.3 Å². The highest BCUT2D eigenvalue weighted by Gasteiger charge is 2.37. The standard InChI is InChI=1S/C33H35F2NO6/c1-17-12-26-23(9-10-36(26)31(37)19-13-20(34)15-21(14-19)40-6)28(27(17)30(32(38)39)42-33(3,4)5)24-16-25(35)29-22(18(24)2)8-7-11-41-29/h12-16,30H,7-11H2,1-6H3,(H,38,39)/t30-/m0/s1. The second kappa shape index (κ2) is 11.0. The van der Waals surface area contributed by atoms with Crippen LogP contribution in [0.1, 0.15) is 71.5 Å². The monoisotopic (exact) mass is 579 g/mol. The molecule has 3 aromatic carbocycles. The summed E-state index contributed by atoms with van der Waals surface area (Å²) in [4.78, 5) is 28.0. The first-order chi connectivity index (χ1) is 19.8. The van der Waals surface area contributed by atoms with Gasteiger partial charge in [0.1, 0.15) is 11.6 Å². The van der Waals surface area contributed by atoms with Gasteiger partial charge in [-0.3, -0.25) is 4.79 Å². The van der Waals surface area contributed by atoms with E-state index >= 15 is 4.39 Å². The minimum absolute atomic E-state index is 0.121. The number of carbonyl (C=O) groups excluding carboxylic acids is 1. The first-order valence-corrected chi connectivity index (χ1v) is 14.0. The van der Waals surface area contributed by atoms with Gasteiger partial charge in [-0.15, -0.1) is 0 Å². The molecule has 222 valence electrons. The van der Waals surface area contributed by atoms with Crippen molar-refractivity contribution in [2.75, 3.05) is 25.2 Å². The number of halogens is 2. The lowest BCUT2D eigenvalue weighted by atomic mass is 9.83. The largest absolute Gasteiger partial charge is 0.497 e. The first-order valence-electron chi connectivity index (χ1n) is 14.0. The molecule has 0 aromatic heterocycles. The van der Waals surface area contributed by atoms with Crippen LogP contribution in [-0.4, -0.2) is 42.8 Å². The first kappa shape index (κ1) is 29.5. The second-order valence-electron chi connectivity index (χ2n) is 11.8. The third-order valence-electron chi connectivity index (χ3n) is 7.80. The lowest BCUT2D eigenvalue weighted by molar-refractivity contribution is -0.160. The van der Waals surface area contributed by atoms with E-state index in [2.05, 4.69) is 0 Å². The molecule has 2 aliphatic heterocycles. The summed E-state index contributed by atoms with van der Waals surface area (Å²) in [6, 6.07) is 7.00. The number of aryl methyl sites for hydroxylation is 1. The molecule has 9 heteroatoms. The molecule has 0 saturated heterocycles. The highest BCUT2D eigenvalue weighted by atomic mass is 19.1. The van der Waals surface area contributed by atoms with Crippen LogP contribution in [0.5, 0.6) is 11.5 Å². The number of nitrogens with zero attached hydrogens (tertiary/aromatic N) is 1. The quantitative estimate of drug-likeness (QED) is 0.349.